The molecule has 0 aliphatic heterocycles. The lowest BCUT2D eigenvalue weighted by atomic mass is 9.90. The average molecular weight is 215 g/mol. The van der Waals surface area contributed by atoms with E-state index in [1.54, 1.807) is 0 Å². The van der Waals surface area contributed by atoms with Crippen LogP contribution in [-0.4, -0.2) is 31.1 Å². The lowest BCUT2D eigenvalue weighted by molar-refractivity contribution is 0.201. The van der Waals surface area contributed by atoms with Gasteiger partial charge in [-0.1, -0.05) is 12.8 Å². The van der Waals surface area contributed by atoms with Crippen LogP contribution in [0.25, 0.3) is 0 Å². The summed E-state index contributed by atoms with van der Waals surface area (Å²) in [4.78, 5) is 2.25. The van der Waals surface area contributed by atoms with Crippen LogP contribution in [0, 0.1) is 0 Å². The third-order valence-electron chi connectivity index (χ3n) is 2.44. The summed E-state index contributed by atoms with van der Waals surface area (Å²) in [5, 5.41) is 0. The molecule has 1 aliphatic rings. The molecule has 1 rings (SSSR count). The Bertz CT molecular complexity index is 109. The second-order valence-corrected chi connectivity index (χ2v) is 3.48. The zero-order valence-corrected chi connectivity index (χ0v) is 9.46. The van der Waals surface area contributed by atoms with Gasteiger partial charge in [0.15, 0.2) is 0 Å². The van der Waals surface area contributed by atoms with Crippen LogP contribution < -0.4 is 5.73 Å². The molecule has 0 aromatic carbocycles. The lowest BCUT2D eigenvalue weighted by Crippen LogP contribution is -2.46. The van der Waals surface area contributed by atoms with Gasteiger partial charge in [-0.15, -0.1) is 24.8 Å². The van der Waals surface area contributed by atoms with Gasteiger partial charge in [-0.25, -0.2) is 0 Å². The molecule has 1 saturated carbocycles. The van der Waals surface area contributed by atoms with Crippen LogP contribution in [-0.2, 0) is 0 Å². The van der Waals surface area contributed by atoms with Crippen molar-refractivity contribution in [1.82, 2.24) is 4.90 Å². The number of halogens is 2. The second kappa shape index (κ2) is 6.96. The fraction of sp³-hybridized carbons (Fsp3) is 1.00. The van der Waals surface area contributed by atoms with Crippen LogP contribution >= 0.6 is 24.8 Å². The maximum absolute atomic E-state index is 5.94. The van der Waals surface area contributed by atoms with Gasteiger partial charge in [0.25, 0.3) is 0 Å². The van der Waals surface area contributed by atoms with E-state index in [0.717, 1.165) is 0 Å². The van der Waals surface area contributed by atoms with Crippen molar-refractivity contribution in [2.75, 3.05) is 14.1 Å². The standard InChI is InChI=1S/C8H18N2.2ClH/c1-10(2)8-6-4-3-5-7(8)9;;/h7-8H,3-6,9H2,1-2H3;2*1H/t7-,8-;;/m1../s1. The van der Waals surface area contributed by atoms with Gasteiger partial charge in [0.2, 0.25) is 0 Å². The summed E-state index contributed by atoms with van der Waals surface area (Å²) in [6.07, 6.45) is 5.18. The van der Waals surface area contributed by atoms with Gasteiger partial charge < -0.3 is 10.6 Å². The van der Waals surface area contributed by atoms with E-state index in [1.165, 1.54) is 25.7 Å². The van der Waals surface area contributed by atoms with E-state index in [0.29, 0.717) is 12.1 Å². The van der Waals surface area contributed by atoms with Crippen molar-refractivity contribution in [3.8, 4) is 0 Å². The molecule has 1 fully saturated rings. The van der Waals surface area contributed by atoms with Crippen LogP contribution in [0.1, 0.15) is 25.7 Å². The quantitative estimate of drug-likeness (QED) is 0.720. The first-order valence-electron chi connectivity index (χ1n) is 4.14. The fourth-order valence-electron chi connectivity index (χ4n) is 1.78. The Labute approximate surface area is 87.7 Å². The third-order valence-corrected chi connectivity index (χ3v) is 2.44. The normalized spacial score (nSPS) is 29.0. The Morgan fingerprint density at radius 3 is 1.92 bits per heavy atom. The molecule has 0 spiro atoms. The average Bonchev–Trinajstić information content (AvgIpc) is 1.88. The molecule has 76 valence electrons. The molecular formula is C8H20Cl2N2. The predicted octanol–water partition coefficient (Wildman–Crippen LogP) is 1.66. The zero-order chi connectivity index (χ0) is 7.56. The Morgan fingerprint density at radius 2 is 1.58 bits per heavy atom. The smallest absolute Gasteiger partial charge is 0.0241 e. The molecule has 0 bridgehead atoms. The van der Waals surface area contributed by atoms with Crippen molar-refractivity contribution in [2.45, 2.75) is 37.8 Å². The lowest BCUT2D eigenvalue weighted by Gasteiger charge is -2.33. The Hall–Kier alpha value is 0.500. The van der Waals surface area contributed by atoms with E-state index in [4.69, 9.17) is 5.73 Å². The summed E-state index contributed by atoms with van der Waals surface area (Å²) in [5.41, 5.74) is 5.94. The highest BCUT2D eigenvalue weighted by atomic mass is 35.5. The largest absolute Gasteiger partial charge is 0.326 e. The van der Waals surface area contributed by atoms with E-state index < -0.39 is 0 Å². The summed E-state index contributed by atoms with van der Waals surface area (Å²) in [6, 6.07) is 1.05. The third kappa shape index (κ3) is 3.94. The molecular weight excluding hydrogens is 195 g/mol. The summed E-state index contributed by atoms with van der Waals surface area (Å²) in [5.74, 6) is 0. The van der Waals surface area contributed by atoms with E-state index in [2.05, 4.69) is 19.0 Å². The van der Waals surface area contributed by atoms with Crippen molar-refractivity contribution in [2.24, 2.45) is 5.73 Å². The van der Waals surface area contributed by atoms with E-state index in [9.17, 15) is 0 Å². The van der Waals surface area contributed by atoms with Crippen molar-refractivity contribution < 1.29 is 0 Å². The first-order valence-corrected chi connectivity index (χ1v) is 4.14. The first-order chi connectivity index (χ1) is 4.72. The summed E-state index contributed by atoms with van der Waals surface area (Å²) in [7, 11) is 4.24. The van der Waals surface area contributed by atoms with Gasteiger partial charge in [-0.2, -0.15) is 0 Å². The van der Waals surface area contributed by atoms with Crippen molar-refractivity contribution in [1.29, 1.82) is 0 Å². The molecule has 2 nitrogen and oxygen atoms in total. The molecule has 0 aromatic rings. The van der Waals surface area contributed by atoms with E-state index in [-0.39, 0.29) is 24.8 Å². The van der Waals surface area contributed by atoms with Crippen molar-refractivity contribution in [3.63, 3.8) is 0 Å². The highest BCUT2D eigenvalue weighted by molar-refractivity contribution is 5.85. The van der Waals surface area contributed by atoms with Crippen LogP contribution in [0.4, 0.5) is 0 Å². The van der Waals surface area contributed by atoms with Gasteiger partial charge in [-0.05, 0) is 26.9 Å². The zero-order valence-electron chi connectivity index (χ0n) is 7.82. The van der Waals surface area contributed by atoms with Gasteiger partial charge in [0.05, 0.1) is 0 Å². The molecule has 0 heterocycles. The first kappa shape index (κ1) is 15.0. The van der Waals surface area contributed by atoms with Gasteiger partial charge >= 0.3 is 0 Å². The highest BCUT2D eigenvalue weighted by Crippen LogP contribution is 2.19. The Morgan fingerprint density at radius 1 is 1.08 bits per heavy atom. The van der Waals surface area contributed by atoms with Gasteiger partial charge in [0.1, 0.15) is 0 Å². The highest BCUT2D eigenvalue weighted by Gasteiger charge is 2.22. The molecule has 12 heavy (non-hydrogen) atoms. The Kier molecular flexibility index (Phi) is 8.69. The van der Waals surface area contributed by atoms with Gasteiger partial charge in [-0.3, -0.25) is 0 Å². The maximum atomic E-state index is 5.94. The number of rotatable bonds is 1. The SMILES string of the molecule is CN(C)[C@@H]1CCCC[C@H]1N.Cl.Cl. The number of hydrogen-bond donors (Lipinski definition) is 1. The molecule has 4 heteroatoms. The summed E-state index contributed by atoms with van der Waals surface area (Å²) >= 11 is 0. The van der Waals surface area contributed by atoms with Crippen LogP contribution in [0.5, 0.6) is 0 Å². The molecule has 0 aromatic heterocycles. The minimum Gasteiger partial charge on any atom is -0.326 e. The van der Waals surface area contributed by atoms with Gasteiger partial charge in [0, 0.05) is 12.1 Å². The summed E-state index contributed by atoms with van der Waals surface area (Å²) < 4.78 is 0. The minimum absolute atomic E-state index is 0. The number of nitrogens with zero attached hydrogens (tertiary/aromatic N) is 1. The second-order valence-electron chi connectivity index (χ2n) is 3.48. The Balaban J connectivity index is 0. The number of hydrogen-bond acceptors (Lipinski definition) is 2. The topological polar surface area (TPSA) is 29.3 Å². The molecule has 0 unspecified atom stereocenters. The van der Waals surface area contributed by atoms with Crippen molar-refractivity contribution in [3.05, 3.63) is 0 Å². The predicted molar refractivity (Wildman–Crippen MR) is 58.4 cm³/mol. The van der Waals surface area contributed by atoms with E-state index in [1.807, 2.05) is 0 Å². The van der Waals surface area contributed by atoms with Crippen molar-refractivity contribution >= 4 is 24.8 Å². The number of nitrogens with two attached hydrogens (primary N) is 1. The van der Waals surface area contributed by atoms with Crippen LogP contribution in [0.3, 0.4) is 0 Å². The minimum atomic E-state index is 0. The summed E-state index contributed by atoms with van der Waals surface area (Å²) in [6.45, 7) is 0. The molecule has 2 N–H and O–H groups in total. The molecule has 2 atom stereocenters. The number of likely N-dealkylation sites (N-methyl/N-ethyl adjacent to an activating group) is 1. The molecule has 0 amide bonds. The molecule has 0 saturated heterocycles. The van der Waals surface area contributed by atoms with Crippen LogP contribution in [0.2, 0.25) is 0 Å². The molecule has 0 radical (unpaired) electrons. The van der Waals surface area contributed by atoms with E-state index >= 15 is 0 Å². The molecule has 1 aliphatic carbocycles. The maximum Gasteiger partial charge on any atom is 0.0241 e. The van der Waals surface area contributed by atoms with Crippen LogP contribution in [0.15, 0.2) is 0 Å². The fourth-order valence-corrected chi connectivity index (χ4v) is 1.78. The monoisotopic (exact) mass is 214 g/mol.